The van der Waals surface area contributed by atoms with Crippen LogP contribution in [0, 0.1) is 0 Å². The Kier molecular flexibility index (Phi) is 2.16. The van der Waals surface area contributed by atoms with Gasteiger partial charge in [0.05, 0.1) is 16.9 Å². The van der Waals surface area contributed by atoms with E-state index in [0.29, 0.717) is 11.4 Å². The maximum Gasteiger partial charge on any atom is 0.335 e. The van der Waals surface area contributed by atoms with Gasteiger partial charge in [0, 0.05) is 0 Å². The van der Waals surface area contributed by atoms with Crippen molar-refractivity contribution in [3.8, 4) is 0 Å². The van der Waals surface area contributed by atoms with Crippen LogP contribution in [-0.4, -0.2) is 11.1 Å². The predicted octanol–water partition coefficient (Wildman–Crippen LogP) is 0.253. The number of nitrogens with one attached hydrogen (secondary N) is 1. The van der Waals surface area contributed by atoms with Gasteiger partial charge in [0.25, 0.3) is 0 Å². The Labute approximate surface area is 69.0 Å². The maximum absolute atomic E-state index is 10.5. The van der Waals surface area contributed by atoms with E-state index in [4.69, 9.17) is 16.7 Å². The number of rotatable bonds is 2. The van der Waals surface area contributed by atoms with Crippen molar-refractivity contribution in [2.75, 3.05) is 11.2 Å². The van der Waals surface area contributed by atoms with Crippen molar-refractivity contribution < 1.29 is 9.90 Å². The van der Waals surface area contributed by atoms with E-state index in [1.807, 2.05) is 0 Å². The number of aromatic carboxylic acids is 1. The van der Waals surface area contributed by atoms with Crippen molar-refractivity contribution >= 4 is 17.3 Å². The lowest BCUT2D eigenvalue weighted by atomic mass is 10.2. The summed E-state index contributed by atoms with van der Waals surface area (Å²) in [5.74, 6) is 4.09. The molecule has 0 aliphatic rings. The lowest BCUT2D eigenvalue weighted by Gasteiger charge is -2.04. The number of nitrogens with two attached hydrogens (primary N) is 2. The first-order valence-electron chi connectivity index (χ1n) is 3.24. The summed E-state index contributed by atoms with van der Waals surface area (Å²) < 4.78 is 0. The van der Waals surface area contributed by atoms with Gasteiger partial charge >= 0.3 is 5.97 Å². The van der Waals surface area contributed by atoms with E-state index in [2.05, 4.69) is 5.43 Å². The zero-order valence-electron chi connectivity index (χ0n) is 6.24. The van der Waals surface area contributed by atoms with Gasteiger partial charge in [-0.3, -0.25) is 5.84 Å². The van der Waals surface area contributed by atoms with E-state index in [1.54, 1.807) is 0 Å². The van der Waals surface area contributed by atoms with Crippen molar-refractivity contribution in [3.05, 3.63) is 23.8 Å². The first kappa shape index (κ1) is 8.35. The predicted molar refractivity (Wildman–Crippen MR) is 45.6 cm³/mol. The van der Waals surface area contributed by atoms with Crippen LogP contribution < -0.4 is 17.0 Å². The van der Waals surface area contributed by atoms with Gasteiger partial charge in [-0.05, 0) is 18.2 Å². The molecule has 0 saturated carbocycles. The third kappa shape index (κ3) is 1.46. The molecule has 64 valence electrons. The molecule has 0 fully saturated rings. The van der Waals surface area contributed by atoms with Crippen LogP contribution in [0.5, 0.6) is 0 Å². The van der Waals surface area contributed by atoms with E-state index in [0.717, 1.165) is 0 Å². The molecule has 0 spiro atoms. The second-order valence-corrected chi connectivity index (χ2v) is 2.25. The Morgan fingerprint density at radius 1 is 1.50 bits per heavy atom. The highest BCUT2D eigenvalue weighted by Crippen LogP contribution is 2.18. The summed E-state index contributed by atoms with van der Waals surface area (Å²) in [6.07, 6.45) is 0. The van der Waals surface area contributed by atoms with Crippen LogP contribution in [0.2, 0.25) is 0 Å². The van der Waals surface area contributed by atoms with Crippen molar-refractivity contribution in [3.63, 3.8) is 0 Å². The van der Waals surface area contributed by atoms with Crippen LogP contribution in [0.25, 0.3) is 0 Å². The van der Waals surface area contributed by atoms with E-state index in [9.17, 15) is 4.79 Å². The van der Waals surface area contributed by atoms with Crippen LogP contribution in [0.4, 0.5) is 11.4 Å². The van der Waals surface area contributed by atoms with Gasteiger partial charge in [-0.25, -0.2) is 4.79 Å². The Bertz CT molecular complexity index is 312. The average molecular weight is 167 g/mol. The molecule has 0 aromatic heterocycles. The maximum atomic E-state index is 10.5. The molecule has 0 radical (unpaired) electrons. The highest BCUT2D eigenvalue weighted by Gasteiger charge is 2.04. The van der Waals surface area contributed by atoms with E-state index < -0.39 is 5.97 Å². The molecular weight excluding hydrogens is 158 g/mol. The molecule has 0 bridgehead atoms. The molecule has 0 saturated heterocycles. The summed E-state index contributed by atoms with van der Waals surface area (Å²) in [6, 6.07) is 4.27. The molecule has 6 N–H and O–H groups in total. The van der Waals surface area contributed by atoms with Crippen molar-refractivity contribution in [2.45, 2.75) is 0 Å². The number of benzene rings is 1. The summed E-state index contributed by atoms with van der Waals surface area (Å²) >= 11 is 0. The summed E-state index contributed by atoms with van der Waals surface area (Å²) in [5, 5.41) is 8.59. The Hall–Kier alpha value is -1.75. The van der Waals surface area contributed by atoms with Crippen LogP contribution in [-0.2, 0) is 0 Å². The van der Waals surface area contributed by atoms with E-state index >= 15 is 0 Å². The molecule has 0 amide bonds. The third-order valence-electron chi connectivity index (χ3n) is 1.46. The number of hydrogen-bond acceptors (Lipinski definition) is 4. The molecule has 12 heavy (non-hydrogen) atoms. The molecule has 5 heteroatoms. The third-order valence-corrected chi connectivity index (χ3v) is 1.46. The number of hydrazine groups is 1. The fraction of sp³-hybridized carbons (Fsp3) is 0. The van der Waals surface area contributed by atoms with Crippen LogP contribution in [0.1, 0.15) is 10.4 Å². The number of nitrogen functional groups attached to an aromatic ring is 2. The highest BCUT2D eigenvalue weighted by atomic mass is 16.4. The SMILES string of the molecule is NNc1cc(C(=O)O)ccc1N. The van der Waals surface area contributed by atoms with Gasteiger partial charge < -0.3 is 16.3 Å². The number of carboxylic acid groups (broad SMARTS) is 1. The first-order valence-corrected chi connectivity index (χ1v) is 3.24. The van der Waals surface area contributed by atoms with E-state index in [1.165, 1.54) is 18.2 Å². The number of carboxylic acids is 1. The number of hydrogen-bond donors (Lipinski definition) is 4. The minimum atomic E-state index is -1.01. The quantitative estimate of drug-likeness (QED) is 0.287. The smallest absolute Gasteiger partial charge is 0.335 e. The van der Waals surface area contributed by atoms with Gasteiger partial charge in [0.15, 0.2) is 0 Å². The highest BCUT2D eigenvalue weighted by molar-refractivity contribution is 5.90. The molecule has 0 aliphatic heterocycles. The van der Waals surface area contributed by atoms with Crippen molar-refractivity contribution in [1.82, 2.24) is 0 Å². The Morgan fingerprint density at radius 3 is 2.67 bits per heavy atom. The van der Waals surface area contributed by atoms with Gasteiger partial charge in [-0.1, -0.05) is 0 Å². The van der Waals surface area contributed by atoms with Crippen molar-refractivity contribution in [1.29, 1.82) is 0 Å². The molecule has 0 atom stereocenters. The molecule has 5 nitrogen and oxygen atoms in total. The van der Waals surface area contributed by atoms with Gasteiger partial charge in [0.2, 0.25) is 0 Å². The zero-order valence-corrected chi connectivity index (χ0v) is 6.24. The van der Waals surface area contributed by atoms with Gasteiger partial charge in [0.1, 0.15) is 0 Å². The van der Waals surface area contributed by atoms with Gasteiger partial charge in [-0.15, -0.1) is 0 Å². The molecule has 0 unspecified atom stereocenters. The normalized spacial score (nSPS) is 9.42. The fourth-order valence-electron chi connectivity index (χ4n) is 0.814. The summed E-state index contributed by atoms with van der Waals surface area (Å²) in [4.78, 5) is 10.5. The monoisotopic (exact) mass is 167 g/mol. The average Bonchev–Trinajstić information content (AvgIpc) is 2.05. The van der Waals surface area contributed by atoms with E-state index in [-0.39, 0.29) is 5.56 Å². The Balaban J connectivity index is 3.13. The molecule has 0 heterocycles. The van der Waals surface area contributed by atoms with Crippen molar-refractivity contribution in [2.24, 2.45) is 5.84 Å². The van der Waals surface area contributed by atoms with Crippen LogP contribution in [0.3, 0.4) is 0 Å². The largest absolute Gasteiger partial charge is 0.478 e. The topological polar surface area (TPSA) is 101 Å². The molecule has 0 aliphatic carbocycles. The molecule has 1 aromatic carbocycles. The van der Waals surface area contributed by atoms with Crippen LogP contribution in [0.15, 0.2) is 18.2 Å². The lowest BCUT2D eigenvalue weighted by molar-refractivity contribution is 0.0697. The second-order valence-electron chi connectivity index (χ2n) is 2.25. The molecular formula is C7H9N3O2. The molecule has 1 rings (SSSR count). The Morgan fingerprint density at radius 2 is 2.17 bits per heavy atom. The summed E-state index contributed by atoms with van der Waals surface area (Å²) in [5.41, 5.74) is 8.75. The minimum absolute atomic E-state index is 0.150. The van der Waals surface area contributed by atoms with Crippen LogP contribution >= 0.6 is 0 Å². The summed E-state index contributed by atoms with van der Waals surface area (Å²) in [7, 11) is 0. The lowest BCUT2D eigenvalue weighted by Crippen LogP contribution is -2.10. The van der Waals surface area contributed by atoms with Gasteiger partial charge in [-0.2, -0.15) is 0 Å². The number of anilines is 2. The molecule has 1 aromatic rings. The first-order chi connectivity index (χ1) is 5.65. The fourth-order valence-corrected chi connectivity index (χ4v) is 0.814. The standard InChI is InChI=1S/C7H9N3O2/c8-5-2-1-4(7(11)12)3-6(5)10-9/h1-3,10H,8-9H2,(H,11,12). The number of carbonyl (C=O) groups is 1. The summed E-state index contributed by atoms with van der Waals surface area (Å²) in [6.45, 7) is 0. The second kappa shape index (κ2) is 3.10. The zero-order chi connectivity index (χ0) is 9.14. The minimum Gasteiger partial charge on any atom is -0.478 e.